The molecule has 5 nitrogen and oxygen atoms in total. The van der Waals surface area contributed by atoms with Crippen molar-refractivity contribution < 1.29 is 28.2 Å². The van der Waals surface area contributed by atoms with Gasteiger partial charge in [0.05, 0.1) is 6.61 Å². The first-order chi connectivity index (χ1) is 9.50. The molecule has 20 heavy (non-hydrogen) atoms. The number of carboxylic acids is 1. The van der Waals surface area contributed by atoms with E-state index in [-0.39, 0.29) is 30.0 Å². The van der Waals surface area contributed by atoms with Crippen molar-refractivity contribution in [3.05, 3.63) is 28.8 Å². The zero-order valence-corrected chi connectivity index (χ0v) is 10.3. The third kappa shape index (κ3) is 1.73. The Morgan fingerprint density at radius 3 is 2.90 bits per heavy atom. The number of amides is 1. The maximum Gasteiger partial charge on any atom is 0.316 e. The average molecular weight is 283 g/mol. The third-order valence-corrected chi connectivity index (χ3v) is 3.74. The Labute approximate surface area is 112 Å². The molecular weight excluding hydrogens is 272 g/mol. The number of halogens is 2. The number of nitrogens with one attached hydrogen (secondary N) is 1. The van der Waals surface area contributed by atoms with Crippen LogP contribution in [0.2, 0.25) is 0 Å². The van der Waals surface area contributed by atoms with E-state index in [2.05, 4.69) is 5.32 Å². The normalized spacial score (nSPS) is 24.2. The van der Waals surface area contributed by atoms with Crippen LogP contribution in [0.3, 0.4) is 0 Å². The van der Waals surface area contributed by atoms with E-state index in [0.29, 0.717) is 6.42 Å². The van der Waals surface area contributed by atoms with Crippen LogP contribution in [0.4, 0.5) is 8.78 Å². The summed E-state index contributed by atoms with van der Waals surface area (Å²) in [6.07, 6.45) is 0.306. The van der Waals surface area contributed by atoms with Gasteiger partial charge < -0.3 is 15.2 Å². The van der Waals surface area contributed by atoms with Crippen LogP contribution in [-0.4, -0.2) is 30.1 Å². The lowest BCUT2D eigenvalue weighted by atomic mass is 9.86. The molecule has 1 amide bonds. The molecule has 0 radical (unpaired) electrons. The molecule has 0 spiro atoms. The van der Waals surface area contributed by atoms with Crippen molar-refractivity contribution in [2.75, 3.05) is 13.2 Å². The van der Waals surface area contributed by atoms with Crippen LogP contribution in [0.1, 0.15) is 17.0 Å². The van der Waals surface area contributed by atoms with E-state index in [9.17, 15) is 18.4 Å². The van der Waals surface area contributed by atoms with Crippen LogP contribution < -0.4 is 10.1 Å². The second-order valence-electron chi connectivity index (χ2n) is 4.83. The summed E-state index contributed by atoms with van der Waals surface area (Å²) < 4.78 is 33.6. The van der Waals surface area contributed by atoms with Crippen LogP contribution in [0.25, 0.3) is 0 Å². The van der Waals surface area contributed by atoms with Crippen LogP contribution in [0, 0.1) is 17.6 Å². The minimum atomic E-state index is -1.47. The molecule has 2 heterocycles. The molecule has 1 aromatic rings. The number of benzene rings is 1. The number of carbonyl (C=O) groups excluding carboxylic acids is 1. The largest absolute Gasteiger partial charge is 0.493 e. The quantitative estimate of drug-likeness (QED) is 0.788. The summed E-state index contributed by atoms with van der Waals surface area (Å²) in [6, 6.07) is 1.06. The maximum absolute atomic E-state index is 14.4. The molecule has 1 saturated heterocycles. The SMILES string of the molecule is O=C(O)C1C(=O)NCC1c1c(F)cc2c(c1F)CCO2. The Morgan fingerprint density at radius 2 is 2.20 bits per heavy atom. The van der Waals surface area contributed by atoms with E-state index in [1.165, 1.54) is 0 Å². The van der Waals surface area contributed by atoms with E-state index in [4.69, 9.17) is 9.84 Å². The van der Waals surface area contributed by atoms with Crippen molar-refractivity contribution in [1.82, 2.24) is 5.32 Å². The summed E-state index contributed by atoms with van der Waals surface area (Å²) in [5, 5.41) is 11.4. The lowest BCUT2D eigenvalue weighted by Crippen LogP contribution is -2.27. The molecule has 0 aromatic heterocycles. The molecule has 2 N–H and O–H groups in total. The Morgan fingerprint density at radius 1 is 1.45 bits per heavy atom. The van der Waals surface area contributed by atoms with Gasteiger partial charge in [0.25, 0.3) is 0 Å². The Balaban J connectivity index is 2.11. The highest BCUT2D eigenvalue weighted by atomic mass is 19.1. The van der Waals surface area contributed by atoms with Crippen LogP contribution >= 0.6 is 0 Å². The predicted octanol–water partition coefficient (Wildman–Crippen LogP) is 0.814. The molecular formula is C13H11F2NO4. The highest BCUT2D eigenvalue weighted by molar-refractivity contribution is 5.99. The number of carbonyl (C=O) groups is 2. The first-order valence-corrected chi connectivity index (χ1v) is 6.14. The molecule has 7 heteroatoms. The van der Waals surface area contributed by atoms with E-state index in [1.807, 2.05) is 0 Å². The number of carboxylic acid groups (broad SMARTS) is 1. The fourth-order valence-corrected chi connectivity index (χ4v) is 2.79. The highest BCUT2D eigenvalue weighted by Crippen LogP contribution is 2.38. The first-order valence-electron chi connectivity index (χ1n) is 6.14. The van der Waals surface area contributed by atoms with Crippen molar-refractivity contribution >= 4 is 11.9 Å². The van der Waals surface area contributed by atoms with Gasteiger partial charge in [-0.15, -0.1) is 0 Å². The van der Waals surface area contributed by atoms with E-state index in [1.54, 1.807) is 0 Å². The molecule has 0 aliphatic carbocycles. The topological polar surface area (TPSA) is 75.6 Å². The van der Waals surface area contributed by atoms with Crippen molar-refractivity contribution in [3.63, 3.8) is 0 Å². The summed E-state index contributed by atoms with van der Waals surface area (Å²) >= 11 is 0. The lowest BCUT2D eigenvalue weighted by molar-refractivity contribution is -0.145. The standard InChI is InChI=1S/C13H11F2NO4/c14-7-3-8-5(1-2-20-8)11(15)9(7)6-4-16-12(17)10(6)13(18)19/h3,6,10H,1-2,4H2,(H,16,17)(H,18,19). The second kappa shape index (κ2) is 4.43. The smallest absolute Gasteiger partial charge is 0.316 e. The maximum atomic E-state index is 14.4. The van der Waals surface area contributed by atoms with Crippen LogP contribution in [0.15, 0.2) is 6.07 Å². The Kier molecular flexibility index (Phi) is 2.84. The monoisotopic (exact) mass is 283 g/mol. The molecule has 2 aliphatic heterocycles. The van der Waals surface area contributed by atoms with Gasteiger partial charge in [-0.25, -0.2) is 8.78 Å². The molecule has 106 valence electrons. The fourth-order valence-electron chi connectivity index (χ4n) is 2.79. The molecule has 0 saturated carbocycles. The van der Waals surface area contributed by atoms with Crippen molar-refractivity contribution in [3.8, 4) is 5.75 Å². The predicted molar refractivity (Wildman–Crippen MR) is 62.4 cm³/mol. The van der Waals surface area contributed by atoms with Crippen molar-refractivity contribution in [2.45, 2.75) is 12.3 Å². The average Bonchev–Trinajstić information content (AvgIpc) is 2.96. The van der Waals surface area contributed by atoms with Gasteiger partial charge in [0.1, 0.15) is 23.3 Å². The van der Waals surface area contributed by atoms with Gasteiger partial charge >= 0.3 is 5.97 Å². The van der Waals surface area contributed by atoms with Gasteiger partial charge in [-0.1, -0.05) is 0 Å². The molecule has 2 atom stereocenters. The molecule has 1 aromatic carbocycles. The van der Waals surface area contributed by atoms with E-state index >= 15 is 0 Å². The van der Waals surface area contributed by atoms with Crippen LogP contribution in [-0.2, 0) is 16.0 Å². The molecule has 1 fully saturated rings. The van der Waals surface area contributed by atoms with E-state index < -0.39 is 35.3 Å². The number of rotatable bonds is 2. The van der Waals surface area contributed by atoms with Crippen LogP contribution in [0.5, 0.6) is 5.75 Å². The van der Waals surface area contributed by atoms with Gasteiger partial charge in [-0.05, 0) is 0 Å². The number of hydrogen-bond acceptors (Lipinski definition) is 3. The van der Waals surface area contributed by atoms with Gasteiger partial charge in [-0.3, -0.25) is 9.59 Å². The molecule has 2 unspecified atom stereocenters. The zero-order chi connectivity index (χ0) is 14.4. The summed E-state index contributed by atoms with van der Waals surface area (Å²) in [5.41, 5.74) is -0.107. The summed E-state index contributed by atoms with van der Waals surface area (Å²) in [6.45, 7) is 0.169. The second-order valence-corrected chi connectivity index (χ2v) is 4.83. The highest BCUT2D eigenvalue weighted by Gasteiger charge is 2.44. The summed E-state index contributed by atoms with van der Waals surface area (Å²) in [4.78, 5) is 22.6. The van der Waals surface area contributed by atoms with Gasteiger partial charge in [0, 0.05) is 36.1 Å². The van der Waals surface area contributed by atoms with Gasteiger partial charge in [0.15, 0.2) is 0 Å². The minimum Gasteiger partial charge on any atom is -0.493 e. The Hall–Kier alpha value is -2.18. The summed E-state index contributed by atoms with van der Waals surface area (Å²) in [5.74, 6) is -6.17. The summed E-state index contributed by atoms with van der Waals surface area (Å²) in [7, 11) is 0. The third-order valence-electron chi connectivity index (χ3n) is 3.74. The van der Waals surface area contributed by atoms with Crippen molar-refractivity contribution in [2.24, 2.45) is 5.92 Å². The van der Waals surface area contributed by atoms with Gasteiger partial charge in [0.2, 0.25) is 5.91 Å². The number of ether oxygens (including phenoxy) is 1. The number of fused-ring (bicyclic) bond motifs is 1. The van der Waals surface area contributed by atoms with Crippen molar-refractivity contribution in [1.29, 1.82) is 0 Å². The first kappa shape index (κ1) is 12.8. The fraction of sp³-hybridized carbons (Fsp3) is 0.385. The van der Waals surface area contributed by atoms with Gasteiger partial charge in [-0.2, -0.15) is 0 Å². The lowest BCUT2D eigenvalue weighted by Gasteiger charge is -2.16. The minimum absolute atomic E-state index is 0.0940. The number of aliphatic carboxylic acids is 1. The zero-order valence-electron chi connectivity index (χ0n) is 10.3. The van der Waals surface area contributed by atoms with E-state index in [0.717, 1.165) is 6.07 Å². The molecule has 3 rings (SSSR count). The molecule has 0 bridgehead atoms. The Bertz CT molecular complexity index is 617. The molecule has 2 aliphatic rings. The number of hydrogen-bond donors (Lipinski definition) is 2.